The summed E-state index contributed by atoms with van der Waals surface area (Å²) in [5, 5.41) is 1.37. The normalized spacial score (nSPS) is 11.4. The molecule has 1 aromatic heterocycles. The van der Waals surface area contributed by atoms with Crippen molar-refractivity contribution in [3.05, 3.63) is 35.0 Å². The van der Waals surface area contributed by atoms with Crippen molar-refractivity contribution in [3.63, 3.8) is 0 Å². The van der Waals surface area contributed by atoms with Crippen LogP contribution in [0.25, 0.3) is 10.9 Å². The number of nitrogens with one attached hydrogen (secondary N) is 1. The van der Waals surface area contributed by atoms with Crippen LogP contribution in [-0.2, 0) is 23.2 Å². The smallest absolute Gasteiger partial charge is 0.107 e. The first-order valence-electron chi connectivity index (χ1n) is 9.26. The minimum Gasteiger partial charge on any atom is -0.372 e. The molecule has 0 radical (unpaired) electrons. The molecular formula is C21H35NO. The van der Waals surface area contributed by atoms with Gasteiger partial charge in [-0.1, -0.05) is 66.2 Å². The van der Waals surface area contributed by atoms with Gasteiger partial charge in [-0.25, -0.2) is 0 Å². The number of benzene rings is 1. The molecule has 130 valence electrons. The van der Waals surface area contributed by atoms with E-state index in [9.17, 15) is 0 Å². The van der Waals surface area contributed by atoms with Crippen LogP contribution in [0.3, 0.4) is 0 Å². The number of para-hydroxylation sites is 1. The maximum Gasteiger partial charge on any atom is 0.107 e. The fourth-order valence-corrected chi connectivity index (χ4v) is 3.38. The second kappa shape index (κ2) is 9.12. The Balaban J connectivity index is 0.000000816. The monoisotopic (exact) mass is 317 g/mol. The molecule has 2 heteroatoms. The van der Waals surface area contributed by atoms with Gasteiger partial charge >= 0.3 is 0 Å². The van der Waals surface area contributed by atoms with Crippen LogP contribution in [0.5, 0.6) is 0 Å². The first-order valence-corrected chi connectivity index (χ1v) is 9.26. The van der Waals surface area contributed by atoms with E-state index in [1.54, 1.807) is 0 Å². The molecule has 2 rings (SSSR count). The summed E-state index contributed by atoms with van der Waals surface area (Å²) in [6.07, 6.45) is 5.31. The SMILES string of the molecule is CCC.CCc1c(C(CC)(CC)OC)[nH]c2c(CC)cccc12. The molecule has 0 unspecified atom stereocenters. The van der Waals surface area contributed by atoms with Crippen molar-refractivity contribution < 1.29 is 4.74 Å². The van der Waals surface area contributed by atoms with E-state index < -0.39 is 0 Å². The van der Waals surface area contributed by atoms with E-state index >= 15 is 0 Å². The summed E-state index contributed by atoms with van der Waals surface area (Å²) in [4.78, 5) is 3.70. The van der Waals surface area contributed by atoms with E-state index in [-0.39, 0.29) is 5.60 Å². The van der Waals surface area contributed by atoms with Crippen molar-refractivity contribution in [2.24, 2.45) is 0 Å². The Kier molecular flexibility index (Phi) is 7.84. The van der Waals surface area contributed by atoms with Crippen LogP contribution in [0.15, 0.2) is 18.2 Å². The van der Waals surface area contributed by atoms with Crippen molar-refractivity contribution in [1.29, 1.82) is 0 Å². The van der Waals surface area contributed by atoms with Crippen molar-refractivity contribution in [2.75, 3.05) is 7.11 Å². The third kappa shape index (κ3) is 3.80. The van der Waals surface area contributed by atoms with Crippen molar-refractivity contribution in [2.45, 2.75) is 79.2 Å². The zero-order valence-electron chi connectivity index (χ0n) is 16.2. The number of hydrogen-bond donors (Lipinski definition) is 1. The molecule has 0 saturated heterocycles. The Bertz CT molecular complexity index is 585. The van der Waals surface area contributed by atoms with Gasteiger partial charge < -0.3 is 9.72 Å². The molecule has 0 aliphatic heterocycles. The molecule has 0 fully saturated rings. The summed E-state index contributed by atoms with van der Waals surface area (Å²) in [7, 11) is 1.83. The number of fused-ring (bicyclic) bond motifs is 1. The summed E-state index contributed by atoms with van der Waals surface area (Å²) < 4.78 is 5.94. The van der Waals surface area contributed by atoms with Gasteiger partial charge in [0.1, 0.15) is 5.60 Å². The molecule has 0 atom stereocenters. The Morgan fingerprint density at radius 2 is 1.57 bits per heavy atom. The molecule has 2 aromatic rings. The molecular weight excluding hydrogens is 282 g/mol. The van der Waals surface area contributed by atoms with E-state index in [0.29, 0.717) is 0 Å². The highest BCUT2D eigenvalue weighted by Gasteiger charge is 2.32. The Labute approximate surface area is 142 Å². The van der Waals surface area contributed by atoms with Gasteiger partial charge in [-0.05, 0) is 36.8 Å². The van der Waals surface area contributed by atoms with Gasteiger partial charge in [0, 0.05) is 18.0 Å². The van der Waals surface area contributed by atoms with Crippen LogP contribution in [0.4, 0.5) is 0 Å². The molecule has 0 amide bonds. The number of aromatic nitrogens is 1. The summed E-state index contributed by atoms with van der Waals surface area (Å²) in [5.74, 6) is 0. The highest BCUT2D eigenvalue weighted by atomic mass is 16.5. The van der Waals surface area contributed by atoms with Crippen molar-refractivity contribution in [3.8, 4) is 0 Å². The van der Waals surface area contributed by atoms with E-state index in [2.05, 4.69) is 64.7 Å². The van der Waals surface area contributed by atoms with Crippen LogP contribution < -0.4 is 0 Å². The predicted octanol–water partition coefficient (Wildman–Crippen LogP) is 6.37. The maximum absolute atomic E-state index is 5.94. The molecule has 1 N–H and O–H groups in total. The summed E-state index contributed by atoms with van der Waals surface area (Å²) in [6.45, 7) is 13.1. The molecule has 0 aliphatic rings. The van der Waals surface area contributed by atoms with Crippen LogP contribution in [0.1, 0.15) is 77.6 Å². The fourth-order valence-electron chi connectivity index (χ4n) is 3.38. The third-order valence-corrected chi connectivity index (χ3v) is 4.75. The average molecular weight is 318 g/mol. The van der Waals surface area contributed by atoms with Crippen LogP contribution >= 0.6 is 0 Å². The molecule has 23 heavy (non-hydrogen) atoms. The lowest BCUT2D eigenvalue weighted by Crippen LogP contribution is -2.28. The predicted molar refractivity (Wildman–Crippen MR) is 102 cm³/mol. The van der Waals surface area contributed by atoms with E-state index in [1.165, 1.54) is 34.1 Å². The zero-order chi connectivity index (χ0) is 17.5. The highest BCUT2D eigenvalue weighted by Crippen LogP contribution is 2.38. The van der Waals surface area contributed by atoms with Gasteiger partial charge in [-0.2, -0.15) is 0 Å². The van der Waals surface area contributed by atoms with Gasteiger partial charge in [0.05, 0.1) is 5.69 Å². The Hall–Kier alpha value is -1.28. The molecule has 0 spiro atoms. The Morgan fingerprint density at radius 3 is 2.00 bits per heavy atom. The quantitative estimate of drug-likeness (QED) is 0.657. The second-order valence-corrected chi connectivity index (χ2v) is 6.14. The van der Waals surface area contributed by atoms with E-state index in [0.717, 1.165) is 25.7 Å². The highest BCUT2D eigenvalue weighted by molar-refractivity contribution is 5.87. The number of ether oxygens (including phenoxy) is 1. The van der Waals surface area contributed by atoms with Gasteiger partial charge in [-0.3, -0.25) is 0 Å². The maximum atomic E-state index is 5.94. The number of H-pyrrole nitrogens is 1. The summed E-state index contributed by atoms with van der Waals surface area (Å²) in [6, 6.07) is 6.62. The van der Waals surface area contributed by atoms with E-state index in [1.807, 2.05) is 7.11 Å². The molecule has 0 aliphatic carbocycles. The van der Waals surface area contributed by atoms with E-state index in [4.69, 9.17) is 4.74 Å². The number of hydrogen-bond acceptors (Lipinski definition) is 1. The molecule has 2 nitrogen and oxygen atoms in total. The number of methoxy groups -OCH3 is 1. The summed E-state index contributed by atoms with van der Waals surface area (Å²) in [5.41, 5.74) is 5.20. The zero-order valence-corrected chi connectivity index (χ0v) is 16.2. The lowest BCUT2D eigenvalue weighted by Gasteiger charge is -2.30. The second-order valence-electron chi connectivity index (χ2n) is 6.14. The first kappa shape index (κ1) is 19.8. The van der Waals surface area contributed by atoms with Gasteiger partial charge in [0.15, 0.2) is 0 Å². The fraction of sp³-hybridized carbons (Fsp3) is 0.619. The first-order chi connectivity index (χ1) is 11.1. The number of rotatable bonds is 6. The lowest BCUT2D eigenvalue weighted by molar-refractivity contribution is -0.0253. The van der Waals surface area contributed by atoms with Crippen molar-refractivity contribution >= 4 is 10.9 Å². The van der Waals surface area contributed by atoms with Crippen LogP contribution in [0.2, 0.25) is 0 Å². The molecule has 0 bridgehead atoms. The Morgan fingerprint density at radius 1 is 0.957 bits per heavy atom. The van der Waals surface area contributed by atoms with Gasteiger partial charge in [0.2, 0.25) is 0 Å². The average Bonchev–Trinajstić information content (AvgIpc) is 2.97. The van der Waals surface area contributed by atoms with Crippen molar-refractivity contribution in [1.82, 2.24) is 4.98 Å². The number of aromatic amines is 1. The minimum absolute atomic E-state index is 0.185. The largest absolute Gasteiger partial charge is 0.372 e. The van der Waals surface area contributed by atoms with Gasteiger partial charge in [-0.15, -0.1) is 0 Å². The standard InChI is InChI=1S/C18H27NO.C3H8/c1-6-13-11-10-12-15-14(7-2)17(19-16(13)15)18(8-3,9-4)20-5;1-3-2/h10-12,19H,6-9H2,1-5H3;3H2,1-2H3. The topological polar surface area (TPSA) is 25.0 Å². The summed E-state index contributed by atoms with van der Waals surface area (Å²) >= 11 is 0. The molecule has 1 aromatic carbocycles. The van der Waals surface area contributed by atoms with Crippen LogP contribution in [0, 0.1) is 0 Å². The molecule has 1 heterocycles. The third-order valence-electron chi connectivity index (χ3n) is 4.75. The number of aryl methyl sites for hydroxylation is 2. The van der Waals surface area contributed by atoms with Crippen LogP contribution in [-0.4, -0.2) is 12.1 Å². The van der Waals surface area contributed by atoms with Gasteiger partial charge in [0.25, 0.3) is 0 Å². The minimum atomic E-state index is -0.185. The molecule has 0 saturated carbocycles. The lowest BCUT2D eigenvalue weighted by atomic mass is 9.89.